The molecule has 1 aromatic rings. The third kappa shape index (κ3) is 3.74. The average Bonchev–Trinajstić information content (AvgIpc) is 2.27. The summed E-state index contributed by atoms with van der Waals surface area (Å²) in [5, 5.41) is 5.65. The van der Waals surface area contributed by atoms with Gasteiger partial charge in [-0.2, -0.15) is 0 Å². The molecule has 2 rings (SSSR count). The van der Waals surface area contributed by atoms with Crippen molar-refractivity contribution >= 4 is 11.6 Å². The van der Waals surface area contributed by atoms with Crippen molar-refractivity contribution in [3.05, 3.63) is 35.4 Å². The van der Waals surface area contributed by atoms with Crippen LogP contribution >= 0.6 is 0 Å². The van der Waals surface area contributed by atoms with Crippen molar-refractivity contribution in [2.45, 2.75) is 13.3 Å². The first kappa shape index (κ1) is 14.4. The molecular weight excluding hydrogens is 273 g/mol. The topological polar surface area (TPSA) is 50.4 Å². The van der Waals surface area contributed by atoms with E-state index in [1.54, 1.807) is 6.92 Å². The van der Waals surface area contributed by atoms with Crippen LogP contribution in [0.15, 0.2) is 35.4 Å². The highest BCUT2D eigenvalue weighted by Gasteiger charge is 2.30. The standard InChI is InChI=1S/C13H13F3N2O2/c1-8(9-6-17-7-9)12(19)18-10-2-4-11(5-3-10)20-13(14,15)16/h2-5,17H,6-7H2,1H3,(H,18,19). The summed E-state index contributed by atoms with van der Waals surface area (Å²) in [6, 6.07) is 5.01. The van der Waals surface area contributed by atoms with Crippen molar-refractivity contribution in [2.75, 3.05) is 18.4 Å². The molecule has 1 aliphatic rings. The Morgan fingerprint density at radius 3 is 2.30 bits per heavy atom. The molecule has 2 N–H and O–H groups in total. The maximum absolute atomic E-state index is 12.0. The van der Waals surface area contributed by atoms with Crippen LogP contribution in [0.5, 0.6) is 5.75 Å². The van der Waals surface area contributed by atoms with Gasteiger partial charge in [0.2, 0.25) is 0 Å². The van der Waals surface area contributed by atoms with Crippen molar-refractivity contribution in [2.24, 2.45) is 0 Å². The van der Waals surface area contributed by atoms with E-state index in [0.717, 1.165) is 17.7 Å². The van der Waals surface area contributed by atoms with Crippen molar-refractivity contribution < 1.29 is 22.7 Å². The number of rotatable bonds is 3. The van der Waals surface area contributed by atoms with Crippen molar-refractivity contribution in [3.8, 4) is 5.75 Å². The molecule has 1 saturated heterocycles. The molecule has 0 aliphatic carbocycles. The fourth-order valence-corrected chi connectivity index (χ4v) is 1.64. The number of ether oxygens (including phenoxy) is 1. The van der Waals surface area contributed by atoms with Gasteiger partial charge in [0, 0.05) is 24.4 Å². The first-order chi connectivity index (χ1) is 9.35. The third-order valence-electron chi connectivity index (χ3n) is 2.89. The lowest BCUT2D eigenvalue weighted by atomic mass is 10.0. The van der Waals surface area contributed by atoms with Gasteiger partial charge in [0.25, 0.3) is 5.91 Å². The third-order valence-corrected chi connectivity index (χ3v) is 2.89. The fraction of sp³-hybridized carbons (Fsp3) is 0.308. The molecule has 0 spiro atoms. The van der Waals surface area contributed by atoms with Crippen LogP contribution in [-0.2, 0) is 4.79 Å². The normalized spacial score (nSPS) is 14.5. The van der Waals surface area contributed by atoms with Gasteiger partial charge in [0.1, 0.15) is 5.75 Å². The Labute approximate surface area is 113 Å². The Balaban J connectivity index is 1.99. The molecule has 1 aromatic carbocycles. The lowest BCUT2D eigenvalue weighted by molar-refractivity contribution is -0.274. The first-order valence-corrected chi connectivity index (χ1v) is 5.91. The monoisotopic (exact) mass is 286 g/mol. The number of alkyl halides is 3. The molecule has 108 valence electrons. The highest BCUT2D eigenvalue weighted by Crippen LogP contribution is 2.24. The van der Waals surface area contributed by atoms with E-state index in [0.29, 0.717) is 24.4 Å². The lowest BCUT2D eigenvalue weighted by Gasteiger charge is -2.21. The summed E-state index contributed by atoms with van der Waals surface area (Å²) in [5.74, 6) is -0.584. The molecular formula is C13H13F3N2O2. The fourth-order valence-electron chi connectivity index (χ4n) is 1.64. The van der Waals surface area contributed by atoms with Crippen LogP contribution in [-0.4, -0.2) is 25.4 Å². The molecule has 0 saturated carbocycles. The minimum Gasteiger partial charge on any atom is -0.406 e. The second kappa shape index (κ2) is 5.54. The van der Waals surface area contributed by atoms with Crippen molar-refractivity contribution in [1.82, 2.24) is 5.32 Å². The first-order valence-electron chi connectivity index (χ1n) is 5.91. The number of benzene rings is 1. The van der Waals surface area contributed by atoms with Gasteiger partial charge in [-0.1, -0.05) is 0 Å². The predicted octanol–water partition coefficient (Wildman–Crippen LogP) is 2.44. The second-order valence-electron chi connectivity index (χ2n) is 4.36. The van der Waals surface area contributed by atoms with Crippen molar-refractivity contribution in [1.29, 1.82) is 0 Å². The Morgan fingerprint density at radius 2 is 1.85 bits per heavy atom. The van der Waals surface area contributed by atoms with Gasteiger partial charge in [0.15, 0.2) is 0 Å². The maximum Gasteiger partial charge on any atom is 0.573 e. The zero-order valence-corrected chi connectivity index (χ0v) is 10.7. The van der Waals surface area contributed by atoms with Gasteiger partial charge in [-0.25, -0.2) is 0 Å². The van der Waals surface area contributed by atoms with Gasteiger partial charge >= 0.3 is 6.36 Å². The Bertz CT molecular complexity index is 530. The van der Waals surface area contributed by atoms with Crippen LogP contribution in [0.3, 0.4) is 0 Å². The molecule has 1 fully saturated rings. The minimum absolute atomic E-state index is 0.258. The number of hydrogen-bond donors (Lipinski definition) is 2. The zero-order valence-electron chi connectivity index (χ0n) is 10.7. The smallest absolute Gasteiger partial charge is 0.406 e. The van der Waals surface area contributed by atoms with Crippen LogP contribution in [0.2, 0.25) is 0 Å². The molecule has 0 radical (unpaired) electrons. The van der Waals surface area contributed by atoms with Gasteiger partial charge < -0.3 is 15.4 Å². The number of anilines is 1. The zero-order chi connectivity index (χ0) is 14.8. The van der Waals surface area contributed by atoms with E-state index in [1.165, 1.54) is 12.1 Å². The summed E-state index contributed by atoms with van der Waals surface area (Å²) >= 11 is 0. The molecule has 0 unspecified atom stereocenters. The van der Waals surface area contributed by atoms with Gasteiger partial charge in [-0.15, -0.1) is 13.2 Å². The highest BCUT2D eigenvalue weighted by atomic mass is 19.4. The summed E-state index contributed by atoms with van der Waals surface area (Å²) < 4.78 is 39.7. The highest BCUT2D eigenvalue weighted by molar-refractivity contribution is 6.04. The quantitative estimate of drug-likeness (QED) is 0.839. The average molecular weight is 286 g/mol. The molecule has 20 heavy (non-hydrogen) atoms. The van der Waals surface area contributed by atoms with E-state index in [2.05, 4.69) is 15.4 Å². The molecule has 4 nitrogen and oxygen atoms in total. The molecule has 1 aliphatic heterocycles. The number of hydrogen-bond acceptors (Lipinski definition) is 3. The van der Waals surface area contributed by atoms with Crippen molar-refractivity contribution in [3.63, 3.8) is 0 Å². The van der Waals surface area contributed by atoms with E-state index >= 15 is 0 Å². The second-order valence-corrected chi connectivity index (χ2v) is 4.36. The predicted molar refractivity (Wildman–Crippen MR) is 67.3 cm³/mol. The SMILES string of the molecule is CC(C(=O)Nc1ccc(OC(F)(F)F)cc1)=C1CNC1. The molecule has 0 aromatic heterocycles. The lowest BCUT2D eigenvalue weighted by Crippen LogP contribution is -2.36. The summed E-state index contributed by atoms with van der Waals surface area (Å²) in [5.41, 5.74) is 2.07. The molecule has 0 bridgehead atoms. The van der Waals surface area contributed by atoms with Crippen LogP contribution in [0.1, 0.15) is 6.92 Å². The Hall–Kier alpha value is -2.02. The van der Waals surface area contributed by atoms with Crippen LogP contribution in [0, 0.1) is 0 Å². The number of carbonyl (C=O) groups is 1. The van der Waals surface area contributed by atoms with Crippen LogP contribution in [0.25, 0.3) is 0 Å². The van der Waals surface area contributed by atoms with E-state index in [-0.39, 0.29) is 11.7 Å². The number of carbonyl (C=O) groups excluding carboxylic acids is 1. The molecule has 1 heterocycles. The number of halogens is 3. The Kier molecular flexibility index (Phi) is 3.99. The van der Waals surface area contributed by atoms with Crippen LogP contribution < -0.4 is 15.4 Å². The summed E-state index contributed by atoms with van der Waals surface area (Å²) in [6.07, 6.45) is -4.72. The van der Waals surface area contributed by atoms with Gasteiger partial charge in [-0.05, 0) is 36.8 Å². The molecule has 7 heteroatoms. The van der Waals surface area contributed by atoms with E-state index in [4.69, 9.17) is 0 Å². The largest absolute Gasteiger partial charge is 0.573 e. The molecule has 0 atom stereocenters. The van der Waals surface area contributed by atoms with E-state index in [9.17, 15) is 18.0 Å². The van der Waals surface area contributed by atoms with Gasteiger partial charge in [-0.3, -0.25) is 4.79 Å². The van der Waals surface area contributed by atoms with E-state index < -0.39 is 6.36 Å². The summed E-state index contributed by atoms with van der Waals surface area (Å²) in [6.45, 7) is 3.10. The Morgan fingerprint density at radius 1 is 1.25 bits per heavy atom. The van der Waals surface area contributed by atoms with Crippen LogP contribution in [0.4, 0.5) is 18.9 Å². The summed E-state index contributed by atoms with van der Waals surface area (Å²) in [4.78, 5) is 11.9. The maximum atomic E-state index is 12.0. The van der Waals surface area contributed by atoms with Gasteiger partial charge in [0.05, 0.1) is 0 Å². The van der Waals surface area contributed by atoms with E-state index in [1.807, 2.05) is 0 Å². The summed E-state index contributed by atoms with van der Waals surface area (Å²) in [7, 11) is 0. The number of nitrogens with one attached hydrogen (secondary N) is 2. The molecule has 1 amide bonds. The number of amides is 1. The minimum atomic E-state index is -4.72.